The highest BCUT2D eigenvalue weighted by Gasteiger charge is 2.40. The third-order valence-corrected chi connectivity index (χ3v) is 8.39. The first kappa shape index (κ1) is 28.0. The van der Waals surface area contributed by atoms with Gasteiger partial charge in [-0.15, -0.1) is 0 Å². The molecule has 0 bridgehead atoms. The molecule has 4 heterocycles. The summed E-state index contributed by atoms with van der Waals surface area (Å²) in [5.41, 5.74) is 4.56. The van der Waals surface area contributed by atoms with E-state index in [2.05, 4.69) is 15.3 Å². The van der Waals surface area contributed by atoms with Crippen molar-refractivity contribution in [3.05, 3.63) is 167 Å². The summed E-state index contributed by atoms with van der Waals surface area (Å²) in [6.07, 6.45) is 5.23. The lowest BCUT2D eigenvalue weighted by Gasteiger charge is -2.39. The molecule has 0 saturated carbocycles. The van der Waals surface area contributed by atoms with Gasteiger partial charge in [0.2, 0.25) is 0 Å². The monoisotopic (exact) mass is 594 g/mol. The molecule has 9 heteroatoms. The summed E-state index contributed by atoms with van der Waals surface area (Å²) < 4.78 is 4.94. The quantitative estimate of drug-likeness (QED) is 0.229. The summed E-state index contributed by atoms with van der Waals surface area (Å²) in [7, 11) is 1.71. The van der Waals surface area contributed by atoms with Crippen LogP contribution in [0.1, 0.15) is 22.4 Å². The molecule has 3 aromatic carbocycles. The van der Waals surface area contributed by atoms with E-state index in [0.29, 0.717) is 22.5 Å². The van der Waals surface area contributed by atoms with Crippen LogP contribution in [0.25, 0.3) is 22.5 Å². The third-order valence-electron chi connectivity index (χ3n) is 8.39. The minimum atomic E-state index is -1.01. The first-order valence-corrected chi connectivity index (χ1v) is 14.6. The standard InChI is InChI=1S/C36H30N6O3/c1-40-30-18-11-21-37-33(30)42(35(40)45)31-20-19-28(41-23-22-38-32(31)41)24-29(34(43)44)39-36(25-12-5-2-6-13-25,26-14-7-3-8-15-26)27-16-9-4-10-17-27/h2-23,29,39H,24H2,1H3,(H,43,44)/t29-/m0/s1. The highest BCUT2D eigenvalue weighted by Crippen LogP contribution is 2.37. The topological polar surface area (TPSA) is 106 Å². The SMILES string of the molecule is Cn1c(=O)n(-c2ccc(C[C@H](NC(c3ccccc3)(c3ccccc3)c3ccccc3)C(=O)O)n3ccnc23)c2ncccc21. The molecule has 0 radical (unpaired) electrons. The van der Waals surface area contributed by atoms with Crippen molar-refractivity contribution in [1.82, 2.24) is 28.8 Å². The Balaban J connectivity index is 1.36. The molecule has 0 saturated heterocycles. The predicted octanol–water partition coefficient (Wildman–Crippen LogP) is 4.95. The number of imidazole rings is 2. The van der Waals surface area contributed by atoms with Gasteiger partial charge in [0.05, 0.1) is 16.7 Å². The molecule has 7 rings (SSSR count). The molecule has 0 fully saturated rings. The van der Waals surface area contributed by atoms with Gasteiger partial charge < -0.3 is 9.51 Å². The molecule has 222 valence electrons. The molecule has 0 unspecified atom stereocenters. The number of carbonyl (C=O) groups is 1. The largest absolute Gasteiger partial charge is 0.480 e. The number of nitrogens with one attached hydrogen (secondary N) is 1. The number of nitrogens with zero attached hydrogens (tertiary/aromatic N) is 5. The molecule has 2 N–H and O–H groups in total. The molecule has 0 spiro atoms. The minimum absolute atomic E-state index is 0.138. The van der Waals surface area contributed by atoms with Gasteiger partial charge in [-0.3, -0.25) is 14.7 Å². The molecule has 0 amide bonds. The molecule has 0 aliphatic carbocycles. The molecular weight excluding hydrogens is 564 g/mol. The number of aryl methyl sites for hydroxylation is 1. The van der Waals surface area contributed by atoms with Crippen molar-refractivity contribution in [1.29, 1.82) is 0 Å². The summed E-state index contributed by atoms with van der Waals surface area (Å²) in [6, 6.07) is 36.0. The lowest BCUT2D eigenvalue weighted by Crippen LogP contribution is -2.53. The van der Waals surface area contributed by atoms with E-state index in [1.807, 2.05) is 114 Å². The zero-order chi connectivity index (χ0) is 31.0. The Hall–Kier alpha value is -5.80. The van der Waals surface area contributed by atoms with Crippen molar-refractivity contribution >= 4 is 22.8 Å². The lowest BCUT2D eigenvalue weighted by molar-refractivity contribution is -0.139. The van der Waals surface area contributed by atoms with Gasteiger partial charge in [0.1, 0.15) is 6.04 Å². The van der Waals surface area contributed by atoms with E-state index in [1.54, 1.807) is 40.8 Å². The number of carboxylic acid groups (broad SMARTS) is 1. The van der Waals surface area contributed by atoms with Crippen molar-refractivity contribution in [3.63, 3.8) is 0 Å². The number of aromatic nitrogens is 5. The Morgan fingerprint density at radius 3 is 1.93 bits per heavy atom. The molecule has 4 aromatic heterocycles. The molecule has 1 atom stereocenters. The summed E-state index contributed by atoms with van der Waals surface area (Å²) >= 11 is 0. The van der Waals surface area contributed by atoms with Crippen LogP contribution in [0.4, 0.5) is 0 Å². The van der Waals surface area contributed by atoms with E-state index >= 15 is 0 Å². The number of carboxylic acids is 1. The summed E-state index contributed by atoms with van der Waals surface area (Å²) in [5, 5.41) is 14.3. The van der Waals surface area contributed by atoms with Crippen LogP contribution in [0.2, 0.25) is 0 Å². The lowest BCUT2D eigenvalue weighted by atomic mass is 9.76. The second-order valence-electron chi connectivity index (χ2n) is 10.9. The molecule has 7 aromatic rings. The number of hydrogen-bond donors (Lipinski definition) is 2. The van der Waals surface area contributed by atoms with Crippen molar-refractivity contribution < 1.29 is 9.90 Å². The maximum absolute atomic E-state index is 13.3. The van der Waals surface area contributed by atoms with E-state index in [-0.39, 0.29) is 12.1 Å². The number of aliphatic carboxylic acids is 1. The fourth-order valence-corrected chi connectivity index (χ4v) is 6.26. The minimum Gasteiger partial charge on any atom is -0.480 e. The number of benzene rings is 3. The Labute approximate surface area is 258 Å². The number of rotatable bonds is 9. The van der Waals surface area contributed by atoms with Crippen LogP contribution in [0.3, 0.4) is 0 Å². The first-order chi connectivity index (χ1) is 22.0. The molecule has 45 heavy (non-hydrogen) atoms. The number of hydrogen-bond acceptors (Lipinski definition) is 5. The Kier molecular flexibility index (Phi) is 7.07. The van der Waals surface area contributed by atoms with Gasteiger partial charge in [-0.1, -0.05) is 91.0 Å². The van der Waals surface area contributed by atoms with Crippen molar-refractivity contribution in [2.45, 2.75) is 18.0 Å². The fourth-order valence-electron chi connectivity index (χ4n) is 6.26. The summed E-state index contributed by atoms with van der Waals surface area (Å²) in [6.45, 7) is 0. The van der Waals surface area contributed by atoms with E-state index in [0.717, 1.165) is 22.4 Å². The van der Waals surface area contributed by atoms with E-state index in [9.17, 15) is 14.7 Å². The zero-order valence-electron chi connectivity index (χ0n) is 24.5. The van der Waals surface area contributed by atoms with Crippen LogP contribution >= 0.6 is 0 Å². The summed E-state index contributed by atoms with van der Waals surface area (Å²) in [5.74, 6) is -0.992. The van der Waals surface area contributed by atoms with Gasteiger partial charge in [-0.25, -0.2) is 19.3 Å². The van der Waals surface area contributed by atoms with Crippen LogP contribution < -0.4 is 11.0 Å². The van der Waals surface area contributed by atoms with Crippen LogP contribution in [-0.2, 0) is 23.8 Å². The molecular formula is C36H30N6O3. The van der Waals surface area contributed by atoms with Gasteiger partial charge in [-0.2, -0.15) is 0 Å². The average molecular weight is 595 g/mol. The summed E-state index contributed by atoms with van der Waals surface area (Å²) in [4.78, 5) is 35.5. The Morgan fingerprint density at radius 1 is 0.778 bits per heavy atom. The van der Waals surface area contributed by atoms with Crippen molar-refractivity contribution in [2.75, 3.05) is 0 Å². The van der Waals surface area contributed by atoms with Crippen LogP contribution in [-0.4, -0.2) is 40.6 Å². The fraction of sp³-hybridized carbons (Fsp3) is 0.111. The number of pyridine rings is 2. The van der Waals surface area contributed by atoms with Crippen molar-refractivity contribution in [3.8, 4) is 5.69 Å². The number of fused-ring (bicyclic) bond motifs is 2. The Morgan fingerprint density at radius 2 is 1.36 bits per heavy atom. The maximum Gasteiger partial charge on any atom is 0.334 e. The zero-order valence-corrected chi connectivity index (χ0v) is 24.5. The smallest absolute Gasteiger partial charge is 0.334 e. The normalized spacial score (nSPS) is 12.5. The highest BCUT2D eigenvalue weighted by molar-refractivity contribution is 5.77. The van der Waals surface area contributed by atoms with Gasteiger partial charge in [0.25, 0.3) is 0 Å². The molecule has 9 nitrogen and oxygen atoms in total. The first-order valence-electron chi connectivity index (χ1n) is 14.6. The van der Waals surface area contributed by atoms with Gasteiger partial charge in [0, 0.05) is 37.8 Å². The van der Waals surface area contributed by atoms with E-state index < -0.39 is 17.6 Å². The molecule has 0 aliphatic rings. The van der Waals surface area contributed by atoms with Gasteiger partial charge in [0.15, 0.2) is 11.3 Å². The average Bonchev–Trinajstić information content (AvgIpc) is 3.68. The predicted molar refractivity (Wildman–Crippen MR) is 173 cm³/mol. The third kappa shape index (κ3) is 4.70. The van der Waals surface area contributed by atoms with E-state index in [1.165, 1.54) is 0 Å². The molecule has 0 aliphatic heterocycles. The van der Waals surface area contributed by atoms with Crippen LogP contribution in [0.5, 0.6) is 0 Å². The highest BCUT2D eigenvalue weighted by atomic mass is 16.4. The van der Waals surface area contributed by atoms with Crippen LogP contribution in [0.15, 0.2) is 139 Å². The van der Waals surface area contributed by atoms with E-state index in [4.69, 9.17) is 0 Å². The second kappa shape index (κ2) is 11.4. The van der Waals surface area contributed by atoms with Crippen LogP contribution in [0, 0.1) is 0 Å². The maximum atomic E-state index is 13.3. The van der Waals surface area contributed by atoms with Gasteiger partial charge >= 0.3 is 11.7 Å². The van der Waals surface area contributed by atoms with Crippen molar-refractivity contribution in [2.24, 2.45) is 7.05 Å². The van der Waals surface area contributed by atoms with Gasteiger partial charge in [-0.05, 0) is 41.0 Å². The Bertz CT molecular complexity index is 2090. The second-order valence-corrected chi connectivity index (χ2v) is 10.9.